The molecule has 0 aromatic carbocycles. The maximum absolute atomic E-state index is 3.53. The fourth-order valence-corrected chi connectivity index (χ4v) is 1.70. The van der Waals surface area contributed by atoms with Crippen molar-refractivity contribution in [2.24, 2.45) is 0 Å². The van der Waals surface area contributed by atoms with Crippen LogP contribution in [0.3, 0.4) is 0 Å². The maximum Gasteiger partial charge on any atom is 0.0112 e. The Morgan fingerprint density at radius 1 is 1.00 bits per heavy atom. The molecule has 86 valence electrons. The van der Waals surface area contributed by atoms with Crippen LogP contribution in [-0.2, 0) is 0 Å². The van der Waals surface area contributed by atoms with Crippen molar-refractivity contribution in [3.8, 4) is 0 Å². The highest BCUT2D eigenvalue weighted by Gasteiger charge is 2.12. The Labute approximate surface area is 90.1 Å². The molecule has 0 aliphatic rings. The van der Waals surface area contributed by atoms with Crippen molar-refractivity contribution in [3.63, 3.8) is 0 Å². The minimum Gasteiger partial charge on any atom is -0.313 e. The highest BCUT2D eigenvalue weighted by Crippen LogP contribution is 2.03. The minimum atomic E-state index is 0.647. The van der Waals surface area contributed by atoms with E-state index in [0.29, 0.717) is 18.1 Å². The number of hydrogen-bond acceptors (Lipinski definition) is 2. The van der Waals surface area contributed by atoms with Gasteiger partial charge < -0.3 is 5.32 Å². The van der Waals surface area contributed by atoms with E-state index in [1.54, 1.807) is 0 Å². The summed E-state index contributed by atoms with van der Waals surface area (Å²) < 4.78 is 0. The van der Waals surface area contributed by atoms with Gasteiger partial charge in [0.05, 0.1) is 0 Å². The number of rotatable bonds is 7. The predicted molar refractivity (Wildman–Crippen MR) is 64.7 cm³/mol. The van der Waals surface area contributed by atoms with Gasteiger partial charge in [-0.1, -0.05) is 6.92 Å². The van der Waals surface area contributed by atoms with Gasteiger partial charge in [0.15, 0.2) is 0 Å². The van der Waals surface area contributed by atoms with Gasteiger partial charge in [0.1, 0.15) is 0 Å². The van der Waals surface area contributed by atoms with E-state index in [9.17, 15) is 0 Å². The first kappa shape index (κ1) is 13.9. The molecule has 2 heteroatoms. The standard InChI is InChI=1S/C12H28N2/c1-7-12(6)13-8-9-14(10(2)3)11(4)5/h10-13H,7-9H2,1-6H3. The van der Waals surface area contributed by atoms with Gasteiger partial charge >= 0.3 is 0 Å². The van der Waals surface area contributed by atoms with Crippen LogP contribution in [0.25, 0.3) is 0 Å². The average molecular weight is 200 g/mol. The van der Waals surface area contributed by atoms with Crippen LogP contribution in [-0.4, -0.2) is 36.1 Å². The van der Waals surface area contributed by atoms with Crippen LogP contribution in [0.5, 0.6) is 0 Å². The van der Waals surface area contributed by atoms with Gasteiger partial charge in [-0.05, 0) is 41.0 Å². The maximum atomic E-state index is 3.53. The van der Waals surface area contributed by atoms with Gasteiger partial charge in [-0.25, -0.2) is 0 Å². The summed E-state index contributed by atoms with van der Waals surface area (Å²) in [5.74, 6) is 0. The molecule has 1 unspecified atom stereocenters. The summed E-state index contributed by atoms with van der Waals surface area (Å²) in [5.41, 5.74) is 0. The van der Waals surface area contributed by atoms with Crippen LogP contribution in [0.15, 0.2) is 0 Å². The van der Waals surface area contributed by atoms with E-state index in [2.05, 4.69) is 51.8 Å². The molecule has 0 aliphatic heterocycles. The Bertz CT molecular complexity index is 124. The number of nitrogens with one attached hydrogen (secondary N) is 1. The molecule has 0 bridgehead atoms. The molecule has 0 aromatic rings. The second-order valence-corrected chi connectivity index (χ2v) is 4.69. The van der Waals surface area contributed by atoms with Crippen LogP contribution in [0.4, 0.5) is 0 Å². The summed E-state index contributed by atoms with van der Waals surface area (Å²) in [6.45, 7) is 15.8. The second-order valence-electron chi connectivity index (χ2n) is 4.69. The zero-order valence-electron chi connectivity index (χ0n) is 10.8. The molecule has 0 heterocycles. The van der Waals surface area contributed by atoms with Crippen molar-refractivity contribution < 1.29 is 0 Å². The lowest BCUT2D eigenvalue weighted by molar-refractivity contribution is 0.174. The lowest BCUT2D eigenvalue weighted by atomic mass is 10.2. The third-order valence-corrected chi connectivity index (χ3v) is 2.80. The SMILES string of the molecule is CCC(C)NCCN(C(C)C)C(C)C. The Morgan fingerprint density at radius 3 is 1.86 bits per heavy atom. The van der Waals surface area contributed by atoms with Gasteiger partial charge in [-0.15, -0.1) is 0 Å². The summed E-state index contributed by atoms with van der Waals surface area (Å²) >= 11 is 0. The van der Waals surface area contributed by atoms with Gasteiger partial charge in [0.2, 0.25) is 0 Å². The third kappa shape index (κ3) is 5.61. The molecule has 14 heavy (non-hydrogen) atoms. The number of hydrogen-bond donors (Lipinski definition) is 1. The van der Waals surface area contributed by atoms with Crippen molar-refractivity contribution in [2.75, 3.05) is 13.1 Å². The predicted octanol–water partition coefficient (Wildman–Crippen LogP) is 2.49. The first-order valence-corrected chi connectivity index (χ1v) is 5.98. The van der Waals surface area contributed by atoms with Crippen molar-refractivity contribution in [1.29, 1.82) is 0 Å². The zero-order chi connectivity index (χ0) is 11.1. The second kappa shape index (κ2) is 7.24. The Hall–Kier alpha value is -0.0800. The molecule has 0 aliphatic carbocycles. The molecule has 0 saturated carbocycles. The molecule has 0 fully saturated rings. The zero-order valence-corrected chi connectivity index (χ0v) is 10.8. The van der Waals surface area contributed by atoms with E-state index in [0.717, 1.165) is 13.1 Å². The van der Waals surface area contributed by atoms with E-state index < -0.39 is 0 Å². The monoisotopic (exact) mass is 200 g/mol. The molecule has 2 nitrogen and oxygen atoms in total. The molecule has 1 N–H and O–H groups in total. The van der Waals surface area contributed by atoms with Gasteiger partial charge in [-0.2, -0.15) is 0 Å². The summed E-state index contributed by atoms with van der Waals surface area (Å²) in [4.78, 5) is 2.52. The molecule has 0 spiro atoms. The molecule has 0 rings (SSSR count). The summed E-state index contributed by atoms with van der Waals surface area (Å²) in [6, 6.07) is 1.94. The lowest BCUT2D eigenvalue weighted by Gasteiger charge is -2.31. The summed E-state index contributed by atoms with van der Waals surface area (Å²) in [7, 11) is 0. The fourth-order valence-electron chi connectivity index (χ4n) is 1.70. The topological polar surface area (TPSA) is 15.3 Å². The van der Waals surface area contributed by atoms with Gasteiger partial charge in [0, 0.05) is 31.2 Å². The molecular weight excluding hydrogens is 172 g/mol. The third-order valence-electron chi connectivity index (χ3n) is 2.80. The summed E-state index contributed by atoms with van der Waals surface area (Å²) in [6.07, 6.45) is 1.21. The van der Waals surface area contributed by atoms with Crippen molar-refractivity contribution >= 4 is 0 Å². The van der Waals surface area contributed by atoms with Crippen LogP contribution in [0.1, 0.15) is 48.0 Å². The van der Waals surface area contributed by atoms with E-state index in [1.807, 2.05) is 0 Å². The van der Waals surface area contributed by atoms with Crippen LogP contribution < -0.4 is 5.32 Å². The smallest absolute Gasteiger partial charge is 0.0112 e. The Kier molecular flexibility index (Phi) is 7.20. The first-order valence-electron chi connectivity index (χ1n) is 5.98. The first-order chi connectivity index (χ1) is 6.49. The minimum absolute atomic E-state index is 0.647. The van der Waals surface area contributed by atoms with E-state index in [4.69, 9.17) is 0 Å². The van der Waals surface area contributed by atoms with E-state index >= 15 is 0 Å². The van der Waals surface area contributed by atoms with Gasteiger partial charge in [-0.3, -0.25) is 4.90 Å². The molecule has 0 saturated heterocycles. The Balaban J connectivity index is 3.72. The molecular formula is C12H28N2. The largest absolute Gasteiger partial charge is 0.313 e. The number of nitrogens with zero attached hydrogens (tertiary/aromatic N) is 1. The van der Waals surface area contributed by atoms with Crippen LogP contribution >= 0.6 is 0 Å². The molecule has 1 atom stereocenters. The highest BCUT2D eigenvalue weighted by atomic mass is 15.2. The van der Waals surface area contributed by atoms with Crippen LogP contribution in [0, 0.1) is 0 Å². The Morgan fingerprint density at radius 2 is 1.50 bits per heavy atom. The molecule has 0 radical (unpaired) electrons. The highest BCUT2D eigenvalue weighted by molar-refractivity contribution is 4.69. The van der Waals surface area contributed by atoms with Gasteiger partial charge in [0.25, 0.3) is 0 Å². The fraction of sp³-hybridized carbons (Fsp3) is 1.00. The van der Waals surface area contributed by atoms with Crippen molar-refractivity contribution in [2.45, 2.75) is 66.1 Å². The van der Waals surface area contributed by atoms with Crippen molar-refractivity contribution in [3.05, 3.63) is 0 Å². The molecule has 0 amide bonds. The quantitative estimate of drug-likeness (QED) is 0.679. The average Bonchev–Trinajstić information content (AvgIpc) is 2.10. The normalized spacial score (nSPS) is 14.4. The molecule has 0 aromatic heterocycles. The van der Waals surface area contributed by atoms with Crippen molar-refractivity contribution in [1.82, 2.24) is 10.2 Å². The van der Waals surface area contributed by atoms with E-state index in [-0.39, 0.29) is 0 Å². The van der Waals surface area contributed by atoms with Crippen LogP contribution in [0.2, 0.25) is 0 Å². The van der Waals surface area contributed by atoms with E-state index in [1.165, 1.54) is 6.42 Å². The lowest BCUT2D eigenvalue weighted by Crippen LogP contribution is -2.42. The summed E-state index contributed by atoms with van der Waals surface area (Å²) in [5, 5.41) is 3.53.